The quantitative estimate of drug-likeness (QED) is 0.701. The molecule has 4 heterocycles. The van der Waals surface area contributed by atoms with E-state index in [2.05, 4.69) is 24.8 Å². The summed E-state index contributed by atoms with van der Waals surface area (Å²) in [5.74, 6) is 2.46. The van der Waals surface area contributed by atoms with Crippen LogP contribution in [0.25, 0.3) is 0 Å². The van der Waals surface area contributed by atoms with Gasteiger partial charge < -0.3 is 24.2 Å². The van der Waals surface area contributed by atoms with Crippen molar-refractivity contribution >= 4 is 17.5 Å². The number of anilines is 2. The molecular formula is C23H30N6O3. The molecule has 9 nitrogen and oxygen atoms in total. The molecule has 2 saturated heterocycles. The van der Waals surface area contributed by atoms with Gasteiger partial charge in [-0.2, -0.15) is 0 Å². The van der Waals surface area contributed by atoms with Gasteiger partial charge >= 0.3 is 0 Å². The second kappa shape index (κ2) is 9.68. The highest BCUT2D eigenvalue weighted by atomic mass is 16.5. The van der Waals surface area contributed by atoms with Crippen molar-refractivity contribution in [3.63, 3.8) is 0 Å². The number of pyridine rings is 1. The minimum atomic E-state index is 0.0151. The molecule has 3 fully saturated rings. The first-order chi connectivity index (χ1) is 15.8. The van der Waals surface area contributed by atoms with Crippen molar-refractivity contribution in [2.24, 2.45) is 0 Å². The summed E-state index contributed by atoms with van der Waals surface area (Å²) in [6, 6.07) is 5.68. The zero-order valence-electron chi connectivity index (χ0n) is 18.4. The molecule has 0 spiro atoms. The van der Waals surface area contributed by atoms with Crippen LogP contribution in [-0.2, 0) is 4.74 Å². The number of nitrogens with zero attached hydrogens (tertiary/aromatic N) is 6. The predicted octanol–water partition coefficient (Wildman–Crippen LogP) is 1.99. The third kappa shape index (κ3) is 4.77. The normalized spacial score (nSPS) is 19.9. The van der Waals surface area contributed by atoms with E-state index in [-0.39, 0.29) is 12.0 Å². The number of hydrogen-bond acceptors (Lipinski definition) is 8. The van der Waals surface area contributed by atoms with E-state index in [0.717, 1.165) is 63.9 Å². The van der Waals surface area contributed by atoms with Gasteiger partial charge in [-0.25, -0.2) is 15.0 Å². The Balaban J connectivity index is 1.16. The molecule has 1 saturated carbocycles. The summed E-state index contributed by atoms with van der Waals surface area (Å²) < 4.78 is 11.3. The number of carbonyl (C=O) groups is 1. The lowest BCUT2D eigenvalue weighted by atomic mass is 10.2. The molecule has 2 aromatic rings. The van der Waals surface area contributed by atoms with Gasteiger partial charge in [0.15, 0.2) is 0 Å². The molecule has 0 unspecified atom stereocenters. The fraction of sp³-hybridized carbons (Fsp3) is 0.565. The average molecular weight is 439 g/mol. The average Bonchev–Trinajstić information content (AvgIpc) is 3.38. The van der Waals surface area contributed by atoms with E-state index in [9.17, 15) is 4.79 Å². The largest absolute Gasteiger partial charge is 0.474 e. The van der Waals surface area contributed by atoms with Crippen LogP contribution >= 0.6 is 0 Å². The second-order valence-corrected chi connectivity index (χ2v) is 8.52. The van der Waals surface area contributed by atoms with Crippen molar-refractivity contribution in [2.45, 2.75) is 31.8 Å². The lowest BCUT2D eigenvalue weighted by molar-refractivity contribution is 0.0746. The summed E-state index contributed by atoms with van der Waals surface area (Å²) in [7, 11) is 0. The molecule has 170 valence electrons. The maximum Gasteiger partial charge on any atom is 0.255 e. The first kappa shape index (κ1) is 20.9. The van der Waals surface area contributed by atoms with Gasteiger partial charge in [0.1, 0.15) is 24.1 Å². The zero-order chi connectivity index (χ0) is 21.8. The van der Waals surface area contributed by atoms with E-state index in [1.54, 1.807) is 12.5 Å². The summed E-state index contributed by atoms with van der Waals surface area (Å²) in [6.07, 6.45) is 8.15. The van der Waals surface area contributed by atoms with E-state index in [4.69, 9.17) is 9.47 Å². The molecule has 0 aromatic carbocycles. The summed E-state index contributed by atoms with van der Waals surface area (Å²) in [6.45, 7) is 5.91. The number of aromatic nitrogens is 3. The Morgan fingerprint density at radius 1 is 0.906 bits per heavy atom. The van der Waals surface area contributed by atoms with E-state index < -0.39 is 0 Å². The molecule has 9 heteroatoms. The van der Waals surface area contributed by atoms with E-state index in [1.807, 2.05) is 23.1 Å². The Morgan fingerprint density at radius 3 is 2.25 bits per heavy atom. The van der Waals surface area contributed by atoms with E-state index >= 15 is 0 Å². The number of rotatable bonds is 5. The standard InChI is InChI=1S/C23H30N6O3/c30-23(18-5-6-22(24-16-18)32-19-3-1-2-4-19)29-9-7-27(8-10-29)20-15-21(26-17-25-20)28-11-13-31-14-12-28/h5-6,15-17,19H,1-4,7-14H2. The fourth-order valence-electron chi connectivity index (χ4n) is 4.55. The summed E-state index contributed by atoms with van der Waals surface area (Å²) >= 11 is 0. The van der Waals surface area contributed by atoms with Crippen molar-refractivity contribution in [1.82, 2.24) is 19.9 Å². The highest BCUT2D eigenvalue weighted by molar-refractivity contribution is 5.94. The minimum Gasteiger partial charge on any atom is -0.474 e. The molecule has 0 radical (unpaired) electrons. The zero-order valence-corrected chi connectivity index (χ0v) is 18.4. The first-order valence-electron chi connectivity index (χ1n) is 11.6. The molecule has 3 aliphatic rings. The minimum absolute atomic E-state index is 0.0151. The Labute approximate surface area is 188 Å². The monoisotopic (exact) mass is 438 g/mol. The van der Waals surface area contributed by atoms with Crippen LogP contribution in [0.5, 0.6) is 5.88 Å². The van der Waals surface area contributed by atoms with Gasteiger partial charge in [-0.15, -0.1) is 0 Å². The number of hydrogen-bond donors (Lipinski definition) is 0. The summed E-state index contributed by atoms with van der Waals surface area (Å²) in [5.41, 5.74) is 0.605. The Morgan fingerprint density at radius 2 is 1.59 bits per heavy atom. The van der Waals surface area contributed by atoms with Crippen molar-refractivity contribution in [1.29, 1.82) is 0 Å². The number of morpholine rings is 1. The molecule has 1 amide bonds. The summed E-state index contributed by atoms with van der Waals surface area (Å²) in [4.78, 5) is 32.5. The van der Waals surface area contributed by atoms with Crippen molar-refractivity contribution in [2.75, 3.05) is 62.3 Å². The number of amides is 1. The third-order valence-corrected chi connectivity index (χ3v) is 6.44. The topological polar surface area (TPSA) is 83.9 Å². The van der Waals surface area contributed by atoms with Crippen LogP contribution in [0.4, 0.5) is 11.6 Å². The Kier molecular flexibility index (Phi) is 6.34. The molecule has 32 heavy (non-hydrogen) atoms. The predicted molar refractivity (Wildman–Crippen MR) is 120 cm³/mol. The summed E-state index contributed by atoms with van der Waals surface area (Å²) in [5, 5.41) is 0. The van der Waals surface area contributed by atoms with Crippen LogP contribution < -0.4 is 14.5 Å². The lowest BCUT2D eigenvalue weighted by Gasteiger charge is -2.36. The molecule has 0 N–H and O–H groups in total. The van der Waals surface area contributed by atoms with Crippen LogP contribution in [0, 0.1) is 0 Å². The molecular weight excluding hydrogens is 408 g/mol. The Bertz CT molecular complexity index is 904. The van der Waals surface area contributed by atoms with Gasteiger partial charge in [0.25, 0.3) is 5.91 Å². The Hall–Kier alpha value is -2.94. The molecule has 0 atom stereocenters. The van der Waals surface area contributed by atoms with Crippen LogP contribution in [-0.4, -0.2) is 84.3 Å². The van der Waals surface area contributed by atoms with E-state index in [0.29, 0.717) is 24.5 Å². The van der Waals surface area contributed by atoms with Crippen LogP contribution in [0.1, 0.15) is 36.0 Å². The van der Waals surface area contributed by atoms with Crippen molar-refractivity contribution < 1.29 is 14.3 Å². The number of carbonyl (C=O) groups excluding carboxylic acids is 1. The highest BCUT2D eigenvalue weighted by Gasteiger charge is 2.24. The van der Waals surface area contributed by atoms with Crippen molar-refractivity contribution in [3.05, 3.63) is 36.3 Å². The SMILES string of the molecule is O=C(c1ccc(OC2CCCC2)nc1)N1CCN(c2cc(N3CCOCC3)ncn2)CC1. The van der Waals surface area contributed by atoms with Crippen LogP contribution in [0.2, 0.25) is 0 Å². The van der Waals surface area contributed by atoms with Gasteiger partial charge in [0.2, 0.25) is 5.88 Å². The van der Waals surface area contributed by atoms with Gasteiger partial charge in [-0.3, -0.25) is 4.79 Å². The smallest absolute Gasteiger partial charge is 0.255 e. The van der Waals surface area contributed by atoms with Gasteiger partial charge in [-0.05, 0) is 31.7 Å². The molecule has 2 aliphatic heterocycles. The second-order valence-electron chi connectivity index (χ2n) is 8.52. The third-order valence-electron chi connectivity index (χ3n) is 6.44. The molecule has 1 aliphatic carbocycles. The fourth-order valence-corrected chi connectivity index (χ4v) is 4.55. The van der Waals surface area contributed by atoms with Crippen LogP contribution in [0.3, 0.4) is 0 Å². The van der Waals surface area contributed by atoms with E-state index in [1.165, 1.54) is 12.8 Å². The van der Waals surface area contributed by atoms with Gasteiger partial charge in [-0.1, -0.05) is 0 Å². The first-order valence-corrected chi connectivity index (χ1v) is 11.6. The van der Waals surface area contributed by atoms with Gasteiger partial charge in [0.05, 0.1) is 18.8 Å². The van der Waals surface area contributed by atoms with Gasteiger partial charge in [0, 0.05) is 57.6 Å². The number of ether oxygens (including phenoxy) is 2. The molecule has 5 rings (SSSR count). The molecule has 2 aromatic heterocycles. The molecule has 0 bridgehead atoms. The van der Waals surface area contributed by atoms with Crippen molar-refractivity contribution in [3.8, 4) is 5.88 Å². The maximum absolute atomic E-state index is 12.9. The number of piperazine rings is 1. The highest BCUT2D eigenvalue weighted by Crippen LogP contribution is 2.24. The maximum atomic E-state index is 12.9. The lowest BCUT2D eigenvalue weighted by Crippen LogP contribution is -2.49. The van der Waals surface area contributed by atoms with Crippen LogP contribution in [0.15, 0.2) is 30.7 Å².